The Bertz CT molecular complexity index is 732. The second kappa shape index (κ2) is 7.68. The van der Waals surface area contributed by atoms with E-state index in [4.69, 9.17) is 5.73 Å². The van der Waals surface area contributed by atoms with E-state index in [2.05, 4.69) is 20.7 Å². The van der Waals surface area contributed by atoms with E-state index in [-0.39, 0.29) is 17.6 Å². The Kier molecular flexibility index (Phi) is 5.68. The molecule has 148 valence electrons. The van der Waals surface area contributed by atoms with Gasteiger partial charge in [0.1, 0.15) is 10.6 Å². The van der Waals surface area contributed by atoms with E-state index in [1.165, 1.54) is 29.7 Å². The van der Waals surface area contributed by atoms with Crippen molar-refractivity contribution in [3.8, 4) is 0 Å². The van der Waals surface area contributed by atoms with Gasteiger partial charge in [-0.3, -0.25) is 9.59 Å². The molecule has 0 spiro atoms. The topological polar surface area (TPSA) is 171 Å². The molecule has 1 aromatic rings. The van der Waals surface area contributed by atoms with Gasteiger partial charge in [-0.25, -0.2) is 4.79 Å². The number of amides is 1. The van der Waals surface area contributed by atoms with Crippen molar-refractivity contribution in [1.29, 1.82) is 0 Å². The normalized spacial score (nSPS) is 32.5. The van der Waals surface area contributed by atoms with Gasteiger partial charge in [0.2, 0.25) is 5.91 Å². The second-order valence-corrected chi connectivity index (χ2v) is 9.03. The van der Waals surface area contributed by atoms with Crippen molar-refractivity contribution >= 4 is 41.4 Å². The monoisotopic (exact) mass is 415 g/mol. The number of carbonyl (C=O) groups is 3. The zero-order chi connectivity index (χ0) is 19.8. The highest BCUT2D eigenvalue weighted by atomic mass is 32.2. The summed E-state index contributed by atoms with van der Waals surface area (Å²) in [5, 5.41) is 32.4. The summed E-state index contributed by atoms with van der Waals surface area (Å²) in [6, 6.07) is -0.837. The first-order valence-electron chi connectivity index (χ1n) is 8.37. The van der Waals surface area contributed by atoms with E-state index >= 15 is 0 Å². The number of carboxylic acids is 2. The molecule has 1 amide bonds. The molecule has 6 atom stereocenters. The summed E-state index contributed by atoms with van der Waals surface area (Å²) >= 11 is 2.82. The number of rotatable bonds is 9. The molecule has 12 heteroatoms. The lowest BCUT2D eigenvalue weighted by atomic mass is 9.89. The minimum Gasteiger partial charge on any atom is -0.481 e. The third kappa shape index (κ3) is 3.65. The van der Waals surface area contributed by atoms with Crippen molar-refractivity contribution in [3.63, 3.8) is 0 Å². The van der Waals surface area contributed by atoms with Crippen LogP contribution < -0.4 is 11.1 Å². The molecule has 0 aliphatic heterocycles. The van der Waals surface area contributed by atoms with Gasteiger partial charge in [-0.15, -0.1) is 5.10 Å². The van der Waals surface area contributed by atoms with Crippen LogP contribution in [0.25, 0.3) is 0 Å². The van der Waals surface area contributed by atoms with E-state index in [1.807, 2.05) is 6.26 Å². The first-order valence-corrected chi connectivity index (χ1v) is 10.6. The van der Waals surface area contributed by atoms with Gasteiger partial charge in [0.05, 0.1) is 18.2 Å². The number of nitrogens with two attached hydrogens (primary N) is 1. The number of hydrogen-bond donors (Lipinski definition) is 5. The third-order valence-electron chi connectivity index (χ3n) is 5.24. The van der Waals surface area contributed by atoms with Crippen LogP contribution in [0.1, 0.15) is 12.8 Å². The quantitative estimate of drug-likeness (QED) is 0.358. The van der Waals surface area contributed by atoms with Crippen LogP contribution in [-0.4, -0.2) is 72.3 Å². The highest BCUT2D eigenvalue weighted by Gasteiger charge is 2.75. The summed E-state index contributed by atoms with van der Waals surface area (Å²) in [6.07, 6.45) is 3.91. The summed E-state index contributed by atoms with van der Waals surface area (Å²) < 4.78 is 0. The molecular formula is C15H21N5O5S2. The summed E-state index contributed by atoms with van der Waals surface area (Å²) in [6.45, 7) is 0. The van der Waals surface area contributed by atoms with Crippen LogP contribution in [0.3, 0.4) is 0 Å². The Labute approximate surface area is 163 Å². The minimum absolute atomic E-state index is 0.111. The van der Waals surface area contributed by atoms with Crippen molar-refractivity contribution in [2.75, 3.05) is 12.0 Å². The largest absolute Gasteiger partial charge is 0.481 e. The maximum atomic E-state index is 12.5. The SMILES string of the molecule is CSCCC(N)C(=O)N[C@@]1(C(=O)O)C[C@@H](Sc2cn[nH]n2)[C@H]2[C@H](C(=O)O)[C@H]21. The van der Waals surface area contributed by atoms with Gasteiger partial charge in [-0.05, 0) is 30.8 Å². The summed E-state index contributed by atoms with van der Waals surface area (Å²) in [5.41, 5.74) is 4.24. The van der Waals surface area contributed by atoms with Crippen molar-refractivity contribution in [1.82, 2.24) is 20.7 Å². The Morgan fingerprint density at radius 1 is 1.48 bits per heavy atom. The lowest BCUT2D eigenvalue weighted by Gasteiger charge is -2.31. The molecule has 2 aliphatic rings. The van der Waals surface area contributed by atoms with Crippen molar-refractivity contribution in [2.45, 2.75) is 34.7 Å². The molecule has 2 saturated carbocycles. The summed E-state index contributed by atoms with van der Waals surface area (Å²) in [4.78, 5) is 36.3. The van der Waals surface area contributed by atoms with Crippen molar-refractivity contribution < 1.29 is 24.6 Å². The molecular weight excluding hydrogens is 394 g/mol. The number of aromatic nitrogens is 3. The number of H-pyrrole nitrogens is 1. The Morgan fingerprint density at radius 2 is 2.22 bits per heavy atom. The van der Waals surface area contributed by atoms with Gasteiger partial charge in [0.15, 0.2) is 0 Å². The lowest BCUT2D eigenvalue weighted by molar-refractivity contribution is -0.150. The highest BCUT2D eigenvalue weighted by molar-refractivity contribution is 7.99. The molecule has 2 aliphatic carbocycles. The summed E-state index contributed by atoms with van der Waals surface area (Å²) in [5.74, 6) is -4.02. The molecule has 0 aromatic carbocycles. The maximum Gasteiger partial charge on any atom is 0.329 e. The molecule has 0 radical (unpaired) electrons. The van der Waals surface area contributed by atoms with Crippen LogP contribution in [0.15, 0.2) is 11.2 Å². The van der Waals surface area contributed by atoms with Crippen LogP contribution >= 0.6 is 23.5 Å². The smallest absolute Gasteiger partial charge is 0.329 e. The van der Waals surface area contributed by atoms with Gasteiger partial charge in [0, 0.05) is 11.2 Å². The predicted octanol–water partition coefficient (Wildman–Crippen LogP) is -0.364. The van der Waals surface area contributed by atoms with Crippen LogP contribution in [0.2, 0.25) is 0 Å². The van der Waals surface area contributed by atoms with Gasteiger partial charge in [0.25, 0.3) is 0 Å². The Hall–Kier alpha value is -1.79. The minimum atomic E-state index is -1.64. The number of fused-ring (bicyclic) bond motifs is 1. The molecule has 0 saturated heterocycles. The third-order valence-corrected chi connectivity index (χ3v) is 7.11. The first kappa shape index (κ1) is 20.0. The number of nitrogens with one attached hydrogen (secondary N) is 2. The van der Waals surface area contributed by atoms with Gasteiger partial charge < -0.3 is 21.3 Å². The molecule has 1 heterocycles. The first-order chi connectivity index (χ1) is 12.8. The van der Waals surface area contributed by atoms with Crippen LogP contribution in [0, 0.1) is 17.8 Å². The molecule has 0 bridgehead atoms. The highest BCUT2D eigenvalue weighted by Crippen LogP contribution is 2.65. The predicted molar refractivity (Wildman–Crippen MR) is 98.2 cm³/mol. The molecule has 27 heavy (non-hydrogen) atoms. The number of hydrogen-bond acceptors (Lipinski definition) is 8. The second-order valence-electron chi connectivity index (χ2n) is 6.79. The fraction of sp³-hybridized carbons (Fsp3) is 0.667. The van der Waals surface area contributed by atoms with Crippen LogP contribution in [-0.2, 0) is 14.4 Å². The number of carboxylic acid groups (broad SMARTS) is 2. The van der Waals surface area contributed by atoms with Gasteiger partial charge in [-0.2, -0.15) is 22.1 Å². The van der Waals surface area contributed by atoms with E-state index in [0.29, 0.717) is 17.2 Å². The molecule has 1 unspecified atom stereocenters. The average Bonchev–Trinajstić information content (AvgIpc) is 3.02. The fourth-order valence-corrected chi connectivity index (χ4v) is 5.82. The zero-order valence-electron chi connectivity index (χ0n) is 14.5. The molecule has 2 fully saturated rings. The fourth-order valence-electron chi connectivity index (χ4n) is 3.97. The van der Waals surface area contributed by atoms with E-state index in [1.54, 1.807) is 0 Å². The van der Waals surface area contributed by atoms with Gasteiger partial charge >= 0.3 is 11.9 Å². The molecule has 1 aromatic heterocycles. The Morgan fingerprint density at radius 3 is 2.78 bits per heavy atom. The number of nitrogens with zero attached hydrogens (tertiary/aromatic N) is 2. The van der Waals surface area contributed by atoms with Crippen LogP contribution in [0.4, 0.5) is 0 Å². The standard InChI is InChI=1S/C15H21N5O5S2/c1-26-3-2-6(16)12(21)18-15(14(24)25)4-7(27-8-5-17-20-19-8)9-10(11(9)15)13(22)23/h5-7,9-11H,2-4,16H2,1H3,(H,18,21)(H,22,23)(H,24,25)(H,17,19,20)/t6?,7-,9+,10+,11+,15+/m1/s1. The lowest BCUT2D eigenvalue weighted by Crippen LogP contribution is -2.59. The van der Waals surface area contributed by atoms with E-state index in [9.17, 15) is 24.6 Å². The van der Waals surface area contributed by atoms with E-state index < -0.39 is 41.3 Å². The number of thioether (sulfide) groups is 2. The average molecular weight is 415 g/mol. The number of carbonyl (C=O) groups excluding carboxylic acids is 1. The van der Waals surface area contributed by atoms with Crippen LogP contribution in [0.5, 0.6) is 0 Å². The molecule has 3 rings (SSSR count). The summed E-state index contributed by atoms with van der Waals surface area (Å²) in [7, 11) is 0. The van der Waals surface area contributed by atoms with E-state index in [0.717, 1.165) is 0 Å². The zero-order valence-corrected chi connectivity index (χ0v) is 16.1. The molecule has 10 nitrogen and oxygen atoms in total. The van der Waals surface area contributed by atoms with Crippen molar-refractivity contribution in [3.05, 3.63) is 6.20 Å². The molecule has 6 N–H and O–H groups in total. The number of aromatic amines is 1. The maximum absolute atomic E-state index is 12.5. The van der Waals surface area contributed by atoms with Gasteiger partial charge in [-0.1, -0.05) is 11.8 Å². The van der Waals surface area contributed by atoms with Crippen molar-refractivity contribution in [2.24, 2.45) is 23.5 Å². The number of aliphatic carboxylic acids is 2. The Balaban J connectivity index is 1.82.